The van der Waals surface area contributed by atoms with Gasteiger partial charge < -0.3 is 5.11 Å². The maximum atomic E-state index is 10.3. The van der Waals surface area contributed by atoms with Crippen LogP contribution in [-0.4, -0.2) is 11.1 Å². The molecule has 0 radical (unpaired) electrons. The number of hydrogen-bond donors (Lipinski definition) is 1. The smallest absolute Gasteiger partial charge is 0.303 e. The molecule has 128 valence electrons. The normalized spacial score (nSPS) is 11.7. The average molecular weight is 309 g/mol. The first kappa shape index (κ1) is 20.9. The Morgan fingerprint density at radius 1 is 0.727 bits per heavy atom. The van der Waals surface area contributed by atoms with Crippen molar-refractivity contribution in [2.45, 2.75) is 96.8 Å². The van der Waals surface area contributed by atoms with Crippen LogP contribution < -0.4 is 0 Å². The predicted molar refractivity (Wildman–Crippen MR) is 96.2 cm³/mol. The fourth-order valence-corrected chi connectivity index (χ4v) is 2.44. The molecular formula is C20H36O2. The Labute approximate surface area is 137 Å². The first-order valence-electron chi connectivity index (χ1n) is 9.29. The zero-order valence-electron chi connectivity index (χ0n) is 14.6. The minimum absolute atomic E-state index is 0.328. The molecule has 1 N–H and O–H groups in total. The van der Waals surface area contributed by atoms with Crippen LogP contribution in [0.25, 0.3) is 0 Å². The van der Waals surface area contributed by atoms with Gasteiger partial charge in [-0.1, -0.05) is 76.2 Å². The average Bonchev–Trinajstić information content (AvgIpc) is 2.50. The first-order chi connectivity index (χ1) is 10.8. The molecule has 0 heterocycles. The Hall–Kier alpha value is -1.05. The first-order valence-corrected chi connectivity index (χ1v) is 9.29. The van der Waals surface area contributed by atoms with Crippen LogP contribution in [0.4, 0.5) is 0 Å². The summed E-state index contributed by atoms with van der Waals surface area (Å²) in [5.74, 6) is -0.667. The Kier molecular flexibility index (Phi) is 17.1. The minimum atomic E-state index is -0.667. The summed E-state index contributed by atoms with van der Waals surface area (Å²) in [5, 5.41) is 8.53. The second-order valence-corrected chi connectivity index (χ2v) is 6.08. The van der Waals surface area contributed by atoms with Crippen LogP contribution in [0.1, 0.15) is 96.8 Å². The van der Waals surface area contributed by atoms with Gasteiger partial charge in [-0.25, -0.2) is 0 Å². The third kappa shape index (κ3) is 18.9. The summed E-state index contributed by atoms with van der Waals surface area (Å²) < 4.78 is 0. The quantitative estimate of drug-likeness (QED) is 0.255. The molecule has 0 saturated heterocycles. The molecule has 0 aromatic rings. The number of carboxylic acids is 1. The van der Waals surface area contributed by atoms with E-state index >= 15 is 0 Å². The van der Waals surface area contributed by atoms with Crippen LogP contribution in [0.5, 0.6) is 0 Å². The van der Waals surface area contributed by atoms with E-state index in [0.717, 1.165) is 19.3 Å². The van der Waals surface area contributed by atoms with Gasteiger partial charge in [-0.3, -0.25) is 4.79 Å². The van der Waals surface area contributed by atoms with Gasteiger partial charge in [-0.05, 0) is 38.5 Å². The van der Waals surface area contributed by atoms with Crippen LogP contribution in [-0.2, 0) is 4.79 Å². The van der Waals surface area contributed by atoms with Crippen LogP contribution in [0.3, 0.4) is 0 Å². The summed E-state index contributed by atoms with van der Waals surface area (Å²) in [6.07, 6.45) is 25.2. The molecule has 0 rings (SSSR count). The van der Waals surface area contributed by atoms with Crippen LogP contribution in [0.2, 0.25) is 0 Å². The molecule has 2 heteroatoms. The van der Waals surface area contributed by atoms with Crippen molar-refractivity contribution in [1.29, 1.82) is 0 Å². The summed E-state index contributed by atoms with van der Waals surface area (Å²) in [5.41, 5.74) is 0. The molecular weight excluding hydrogens is 272 g/mol. The molecule has 0 saturated carbocycles. The van der Waals surface area contributed by atoms with Crippen molar-refractivity contribution in [2.75, 3.05) is 0 Å². The molecule has 0 aromatic heterocycles. The van der Waals surface area contributed by atoms with Gasteiger partial charge in [0.05, 0.1) is 0 Å². The zero-order chi connectivity index (χ0) is 16.3. The highest BCUT2D eigenvalue weighted by molar-refractivity contribution is 5.66. The van der Waals surface area contributed by atoms with E-state index in [1.807, 2.05) is 0 Å². The predicted octanol–water partition coefficient (Wildman–Crippen LogP) is 6.66. The van der Waals surface area contributed by atoms with Crippen molar-refractivity contribution in [2.24, 2.45) is 0 Å². The van der Waals surface area contributed by atoms with Gasteiger partial charge in [0.2, 0.25) is 0 Å². The number of hydrogen-bond acceptors (Lipinski definition) is 1. The van der Waals surface area contributed by atoms with Gasteiger partial charge in [0, 0.05) is 6.42 Å². The minimum Gasteiger partial charge on any atom is -0.481 e. The van der Waals surface area contributed by atoms with E-state index < -0.39 is 5.97 Å². The zero-order valence-corrected chi connectivity index (χ0v) is 14.6. The number of carbonyl (C=O) groups is 1. The third-order valence-electron chi connectivity index (χ3n) is 3.84. The van der Waals surface area contributed by atoms with Gasteiger partial charge in [0.15, 0.2) is 0 Å². The molecule has 0 aromatic carbocycles. The molecule has 0 amide bonds. The van der Waals surface area contributed by atoms with Crippen molar-refractivity contribution >= 4 is 5.97 Å². The lowest BCUT2D eigenvalue weighted by Gasteiger charge is -1.99. The van der Waals surface area contributed by atoms with Gasteiger partial charge in [0.1, 0.15) is 0 Å². The van der Waals surface area contributed by atoms with Crippen molar-refractivity contribution in [3.8, 4) is 0 Å². The van der Waals surface area contributed by atoms with E-state index in [9.17, 15) is 4.79 Å². The monoisotopic (exact) mass is 308 g/mol. The Morgan fingerprint density at radius 3 is 1.77 bits per heavy atom. The van der Waals surface area contributed by atoms with Crippen molar-refractivity contribution < 1.29 is 9.90 Å². The molecule has 0 fully saturated rings. The van der Waals surface area contributed by atoms with Crippen molar-refractivity contribution in [3.05, 3.63) is 24.3 Å². The molecule has 0 aliphatic rings. The Morgan fingerprint density at radius 2 is 1.23 bits per heavy atom. The highest BCUT2D eigenvalue weighted by atomic mass is 16.4. The van der Waals surface area contributed by atoms with E-state index in [0.29, 0.717) is 6.42 Å². The van der Waals surface area contributed by atoms with Crippen molar-refractivity contribution in [1.82, 2.24) is 0 Å². The number of aliphatic carboxylic acids is 1. The fourth-order valence-electron chi connectivity index (χ4n) is 2.44. The van der Waals surface area contributed by atoms with Gasteiger partial charge in [-0.15, -0.1) is 0 Å². The standard InChI is InChI=1S/C20H36O2/c1-2-3-4-5-6-7-8-9-10-11-12-13-14-15-16-17-18-19-20(21)22/h7-8,10-11H,2-6,9,12-19H2,1H3,(H,21,22). The molecule has 2 nitrogen and oxygen atoms in total. The summed E-state index contributed by atoms with van der Waals surface area (Å²) in [6.45, 7) is 2.25. The second kappa shape index (κ2) is 18.0. The molecule has 0 aliphatic carbocycles. The van der Waals surface area contributed by atoms with E-state index in [-0.39, 0.29) is 0 Å². The fraction of sp³-hybridized carbons (Fsp3) is 0.750. The number of unbranched alkanes of at least 4 members (excludes halogenated alkanes) is 10. The number of carboxylic acid groups (broad SMARTS) is 1. The maximum absolute atomic E-state index is 10.3. The SMILES string of the molecule is CCCCCCC=CCC=CCCCCCCCCC(=O)O. The summed E-state index contributed by atoms with van der Waals surface area (Å²) in [7, 11) is 0. The second-order valence-electron chi connectivity index (χ2n) is 6.08. The summed E-state index contributed by atoms with van der Waals surface area (Å²) in [6, 6.07) is 0. The van der Waals surface area contributed by atoms with Gasteiger partial charge >= 0.3 is 5.97 Å². The Bertz CT molecular complexity index is 292. The number of allylic oxidation sites excluding steroid dienone is 4. The Balaban J connectivity index is 3.17. The molecule has 0 atom stereocenters. The highest BCUT2D eigenvalue weighted by Gasteiger charge is 1.96. The van der Waals surface area contributed by atoms with Crippen LogP contribution in [0, 0.1) is 0 Å². The highest BCUT2D eigenvalue weighted by Crippen LogP contribution is 2.09. The van der Waals surface area contributed by atoms with Crippen LogP contribution in [0.15, 0.2) is 24.3 Å². The third-order valence-corrected chi connectivity index (χ3v) is 3.84. The van der Waals surface area contributed by atoms with E-state index in [4.69, 9.17) is 5.11 Å². The van der Waals surface area contributed by atoms with E-state index in [1.54, 1.807) is 0 Å². The van der Waals surface area contributed by atoms with E-state index in [1.165, 1.54) is 64.2 Å². The lowest BCUT2D eigenvalue weighted by atomic mass is 10.1. The van der Waals surface area contributed by atoms with Gasteiger partial charge in [-0.2, -0.15) is 0 Å². The lowest BCUT2D eigenvalue weighted by molar-refractivity contribution is -0.137. The maximum Gasteiger partial charge on any atom is 0.303 e. The molecule has 0 aliphatic heterocycles. The topological polar surface area (TPSA) is 37.3 Å². The summed E-state index contributed by atoms with van der Waals surface area (Å²) >= 11 is 0. The number of rotatable bonds is 16. The van der Waals surface area contributed by atoms with Crippen LogP contribution >= 0.6 is 0 Å². The summed E-state index contributed by atoms with van der Waals surface area (Å²) in [4.78, 5) is 10.3. The molecule has 0 spiro atoms. The largest absolute Gasteiger partial charge is 0.481 e. The lowest BCUT2D eigenvalue weighted by Crippen LogP contribution is -1.93. The van der Waals surface area contributed by atoms with E-state index in [2.05, 4.69) is 31.2 Å². The molecule has 0 unspecified atom stereocenters. The van der Waals surface area contributed by atoms with Crippen molar-refractivity contribution in [3.63, 3.8) is 0 Å². The molecule has 0 bridgehead atoms. The molecule has 22 heavy (non-hydrogen) atoms. The van der Waals surface area contributed by atoms with Gasteiger partial charge in [0.25, 0.3) is 0 Å².